The molecule has 0 radical (unpaired) electrons. The van der Waals surface area contributed by atoms with Crippen molar-refractivity contribution in [1.29, 1.82) is 0 Å². The maximum Gasteiger partial charge on any atom is 0.209 e. The first kappa shape index (κ1) is 11.4. The molecule has 0 atom stereocenters. The topological polar surface area (TPSA) is 55.4 Å². The molecule has 1 aromatic carbocycles. The molecule has 0 saturated heterocycles. The fourth-order valence-corrected chi connectivity index (χ4v) is 2.97. The molecule has 2 rings (SSSR count). The Morgan fingerprint density at radius 2 is 1.94 bits per heavy atom. The molecule has 0 spiro atoms. The van der Waals surface area contributed by atoms with Gasteiger partial charge >= 0.3 is 0 Å². The van der Waals surface area contributed by atoms with Gasteiger partial charge in [0.2, 0.25) is 10.0 Å². The van der Waals surface area contributed by atoms with Gasteiger partial charge in [0.15, 0.2) is 0 Å². The Kier molecular flexibility index (Phi) is 2.67. The van der Waals surface area contributed by atoms with Crippen LogP contribution in [0.4, 0.5) is 0 Å². The van der Waals surface area contributed by atoms with Crippen molar-refractivity contribution in [3.05, 3.63) is 29.8 Å². The van der Waals surface area contributed by atoms with Crippen molar-refractivity contribution in [3.63, 3.8) is 0 Å². The summed E-state index contributed by atoms with van der Waals surface area (Å²) >= 11 is 0. The number of benzene rings is 1. The fourth-order valence-electron chi connectivity index (χ4n) is 1.95. The lowest BCUT2D eigenvalue weighted by molar-refractivity contribution is 0.402. The van der Waals surface area contributed by atoms with E-state index in [0.29, 0.717) is 0 Å². The molecule has 0 aromatic heterocycles. The second-order valence-electron chi connectivity index (χ2n) is 4.16. The summed E-state index contributed by atoms with van der Waals surface area (Å²) in [5.41, 5.74) is 0.475. The third kappa shape index (κ3) is 2.20. The number of hydrogen-bond acceptors (Lipinski definition) is 3. The van der Waals surface area contributed by atoms with Gasteiger partial charge in [0.1, 0.15) is 5.75 Å². The standard InChI is InChI=1S/C11H15NO3S/c1-15-10-6-4-3-5-9(10)11(7-8-11)12-16(2,13)14/h3-6,12H,7-8H2,1-2H3. The summed E-state index contributed by atoms with van der Waals surface area (Å²) in [5, 5.41) is 0. The van der Waals surface area contributed by atoms with Crippen LogP contribution in [-0.4, -0.2) is 21.8 Å². The number of hydrogen-bond donors (Lipinski definition) is 1. The zero-order valence-electron chi connectivity index (χ0n) is 9.36. The number of nitrogens with one attached hydrogen (secondary N) is 1. The molecule has 1 N–H and O–H groups in total. The average Bonchev–Trinajstić information content (AvgIpc) is 2.96. The highest BCUT2D eigenvalue weighted by atomic mass is 32.2. The molecule has 1 aliphatic rings. The predicted molar refractivity (Wildman–Crippen MR) is 61.9 cm³/mol. The lowest BCUT2D eigenvalue weighted by Gasteiger charge is -2.19. The van der Waals surface area contributed by atoms with Gasteiger partial charge in [-0.1, -0.05) is 18.2 Å². The number of para-hydroxylation sites is 1. The number of sulfonamides is 1. The number of methoxy groups -OCH3 is 1. The molecule has 88 valence electrons. The molecular formula is C11H15NO3S. The van der Waals surface area contributed by atoms with Crippen LogP contribution in [0.1, 0.15) is 18.4 Å². The van der Waals surface area contributed by atoms with E-state index in [-0.39, 0.29) is 0 Å². The Balaban J connectivity index is 2.37. The Morgan fingerprint density at radius 1 is 1.31 bits per heavy atom. The molecule has 1 aliphatic carbocycles. The zero-order chi connectivity index (χ0) is 11.8. The van der Waals surface area contributed by atoms with Gasteiger partial charge in [-0.3, -0.25) is 0 Å². The van der Waals surface area contributed by atoms with E-state index in [0.717, 1.165) is 24.2 Å². The molecule has 5 heteroatoms. The van der Waals surface area contributed by atoms with Crippen LogP contribution in [0.25, 0.3) is 0 Å². The Labute approximate surface area is 95.7 Å². The van der Waals surface area contributed by atoms with Gasteiger partial charge in [-0.2, -0.15) is 0 Å². The number of ether oxygens (including phenoxy) is 1. The van der Waals surface area contributed by atoms with E-state index in [2.05, 4.69) is 4.72 Å². The second-order valence-corrected chi connectivity index (χ2v) is 5.91. The highest BCUT2D eigenvalue weighted by Crippen LogP contribution is 2.49. The predicted octanol–water partition coefficient (Wildman–Crippen LogP) is 1.23. The molecule has 0 amide bonds. The van der Waals surface area contributed by atoms with E-state index < -0.39 is 15.6 Å². The summed E-state index contributed by atoms with van der Waals surface area (Å²) < 4.78 is 30.6. The van der Waals surface area contributed by atoms with Crippen LogP contribution in [-0.2, 0) is 15.6 Å². The minimum Gasteiger partial charge on any atom is -0.496 e. The SMILES string of the molecule is COc1ccccc1C1(NS(C)(=O)=O)CC1. The first-order chi connectivity index (χ1) is 7.47. The normalized spacial score (nSPS) is 18.1. The maximum atomic E-state index is 11.3. The van der Waals surface area contributed by atoms with Crippen LogP contribution >= 0.6 is 0 Å². The van der Waals surface area contributed by atoms with Gasteiger partial charge in [-0.05, 0) is 18.9 Å². The summed E-state index contributed by atoms with van der Waals surface area (Å²) in [4.78, 5) is 0. The van der Waals surface area contributed by atoms with Crippen LogP contribution in [0.5, 0.6) is 5.75 Å². The molecule has 1 saturated carbocycles. The van der Waals surface area contributed by atoms with Crippen molar-refractivity contribution >= 4 is 10.0 Å². The van der Waals surface area contributed by atoms with Crippen LogP contribution in [0, 0.1) is 0 Å². The van der Waals surface area contributed by atoms with Gasteiger partial charge in [-0.15, -0.1) is 0 Å². The molecule has 1 fully saturated rings. The van der Waals surface area contributed by atoms with E-state index in [1.54, 1.807) is 7.11 Å². The Bertz CT molecular complexity index is 492. The van der Waals surface area contributed by atoms with Crippen molar-refractivity contribution in [2.24, 2.45) is 0 Å². The third-order valence-corrected chi connectivity index (χ3v) is 3.51. The minimum atomic E-state index is -3.20. The third-order valence-electron chi connectivity index (χ3n) is 2.75. The van der Waals surface area contributed by atoms with E-state index >= 15 is 0 Å². The van der Waals surface area contributed by atoms with Crippen LogP contribution < -0.4 is 9.46 Å². The minimum absolute atomic E-state index is 0.444. The van der Waals surface area contributed by atoms with Gasteiger partial charge < -0.3 is 4.74 Å². The van der Waals surface area contributed by atoms with Gasteiger partial charge in [0, 0.05) is 5.56 Å². The van der Waals surface area contributed by atoms with Crippen molar-refractivity contribution < 1.29 is 13.2 Å². The molecule has 0 bridgehead atoms. The summed E-state index contributed by atoms with van der Waals surface area (Å²) in [6.07, 6.45) is 2.82. The van der Waals surface area contributed by atoms with Gasteiger partial charge in [0.25, 0.3) is 0 Å². The van der Waals surface area contributed by atoms with Crippen molar-refractivity contribution in [3.8, 4) is 5.75 Å². The number of rotatable bonds is 4. The maximum absolute atomic E-state index is 11.3. The lowest BCUT2D eigenvalue weighted by atomic mass is 10.1. The molecule has 4 nitrogen and oxygen atoms in total. The molecule has 0 unspecified atom stereocenters. The summed E-state index contributed by atoms with van der Waals surface area (Å²) in [6, 6.07) is 7.52. The summed E-state index contributed by atoms with van der Waals surface area (Å²) in [7, 11) is -1.61. The van der Waals surface area contributed by atoms with Crippen molar-refractivity contribution in [2.45, 2.75) is 18.4 Å². The molecule has 0 aliphatic heterocycles. The summed E-state index contributed by atoms with van der Waals surface area (Å²) in [5.74, 6) is 0.733. The largest absolute Gasteiger partial charge is 0.496 e. The van der Waals surface area contributed by atoms with Crippen molar-refractivity contribution in [1.82, 2.24) is 4.72 Å². The average molecular weight is 241 g/mol. The molecule has 1 aromatic rings. The quantitative estimate of drug-likeness (QED) is 0.862. The highest BCUT2D eigenvalue weighted by Gasteiger charge is 2.48. The van der Waals surface area contributed by atoms with E-state index in [1.807, 2.05) is 24.3 Å². The van der Waals surface area contributed by atoms with E-state index in [9.17, 15) is 8.42 Å². The van der Waals surface area contributed by atoms with E-state index in [4.69, 9.17) is 4.74 Å². The first-order valence-electron chi connectivity index (χ1n) is 5.09. The zero-order valence-corrected chi connectivity index (χ0v) is 10.2. The van der Waals surface area contributed by atoms with Crippen LogP contribution in [0.15, 0.2) is 24.3 Å². The molecule has 0 heterocycles. The monoisotopic (exact) mass is 241 g/mol. The van der Waals surface area contributed by atoms with Crippen molar-refractivity contribution in [2.75, 3.05) is 13.4 Å². The van der Waals surface area contributed by atoms with E-state index in [1.165, 1.54) is 6.26 Å². The Morgan fingerprint density at radius 3 is 2.44 bits per heavy atom. The van der Waals surface area contributed by atoms with Crippen LogP contribution in [0.2, 0.25) is 0 Å². The highest BCUT2D eigenvalue weighted by molar-refractivity contribution is 7.88. The van der Waals surface area contributed by atoms with Gasteiger partial charge in [0.05, 0.1) is 18.9 Å². The van der Waals surface area contributed by atoms with Crippen LogP contribution in [0.3, 0.4) is 0 Å². The summed E-state index contributed by atoms with van der Waals surface area (Å²) in [6.45, 7) is 0. The Hall–Kier alpha value is -1.07. The smallest absolute Gasteiger partial charge is 0.209 e. The fraction of sp³-hybridized carbons (Fsp3) is 0.455. The second kappa shape index (κ2) is 3.75. The first-order valence-corrected chi connectivity index (χ1v) is 6.98. The molecule has 16 heavy (non-hydrogen) atoms. The molecular weight excluding hydrogens is 226 g/mol. The van der Waals surface area contributed by atoms with Gasteiger partial charge in [-0.25, -0.2) is 13.1 Å². The lowest BCUT2D eigenvalue weighted by Crippen LogP contribution is -2.34.